The third-order valence-electron chi connectivity index (χ3n) is 2.41. The fourth-order valence-corrected chi connectivity index (χ4v) is 1.62. The van der Waals surface area contributed by atoms with E-state index in [2.05, 4.69) is 5.32 Å². The highest BCUT2D eigenvalue weighted by molar-refractivity contribution is 5.70. The largest absolute Gasteiger partial charge is 0.481 e. The molecule has 0 aliphatic carbocycles. The van der Waals surface area contributed by atoms with Gasteiger partial charge >= 0.3 is 5.97 Å². The van der Waals surface area contributed by atoms with Crippen LogP contribution in [0.3, 0.4) is 0 Å². The molecule has 0 aromatic heterocycles. The average Bonchev–Trinajstić information content (AvgIpc) is 2.51. The minimum atomic E-state index is -0.760. The van der Waals surface area contributed by atoms with Gasteiger partial charge in [0.25, 0.3) is 0 Å². The number of aliphatic carboxylic acids is 1. The Morgan fingerprint density at radius 3 is 2.92 bits per heavy atom. The van der Waals surface area contributed by atoms with Crippen LogP contribution in [0.2, 0.25) is 0 Å². The number of nitrogens with one attached hydrogen (secondary N) is 1. The van der Waals surface area contributed by atoms with E-state index in [0.29, 0.717) is 5.92 Å². The molecule has 0 bridgehead atoms. The SMILES string of the molecule is NCC(CC1CCNC1)C(=O)O. The first-order valence-electron chi connectivity index (χ1n) is 4.37. The van der Waals surface area contributed by atoms with Crippen LogP contribution in [0.1, 0.15) is 12.8 Å². The summed E-state index contributed by atoms with van der Waals surface area (Å²) in [5.41, 5.74) is 5.35. The van der Waals surface area contributed by atoms with Crippen LogP contribution in [-0.4, -0.2) is 30.7 Å². The minimum absolute atomic E-state index is 0.256. The fraction of sp³-hybridized carbons (Fsp3) is 0.875. The van der Waals surface area contributed by atoms with Gasteiger partial charge < -0.3 is 16.2 Å². The maximum atomic E-state index is 10.6. The number of hydrogen-bond acceptors (Lipinski definition) is 3. The number of carboxylic acid groups (broad SMARTS) is 1. The van der Waals surface area contributed by atoms with E-state index in [0.717, 1.165) is 25.9 Å². The molecule has 4 heteroatoms. The summed E-state index contributed by atoms with van der Waals surface area (Å²) in [6.45, 7) is 2.22. The minimum Gasteiger partial charge on any atom is -0.481 e. The highest BCUT2D eigenvalue weighted by atomic mass is 16.4. The Hall–Kier alpha value is -0.610. The van der Waals surface area contributed by atoms with E-state index in [1.807, 2.05) is 0 Å². The molecule has 1 fully saturated rings. The van der Waals surface area contributed by atoms with Gasteiger partial charge in [-0.25, -0.2) is 0 Å². The Labute approximate surface area is 72.1 Å². The molecular formula is C8H16N2O2. The van der Waals surface area contributed by atoms with E-state index in [4.69, 9.17) is 10.8 Å². The molecular weight excluding hydrogens is 156 g/mol. The van der Waals surface area contributed by atoms with E-state index < -0.39 is 5.97 Å². The summed E-state index contributed by atoms with van der Waals surface area (Å²) in [5.74, 6) is -0.603. The van der Waals surface area contributed by atoms with Crippen LogP contribution in [0.15, 0.2) is 0 Å². The smallest absolute Gasteiger partial charge is 0.307 e. The number of nitrogens with two attached hydrogens (primary N) is 1. The lowest BCUT2D eigenvalue weighted by Gasteiger charge is -2.13. The molecule has 2 atom stereocenters. The van der Waals surface area contributed by atoms with E-state index in [9.17, 15) is 4.79 Å². The Balaban J connectivity index is 2.30. The Bertz CT molecular complexity index is 155. The van der Waals surface area contributed by atoms with E-state index in [1.165, 1.54) is 0 Å². The van der Waals surface area contributed by atoms with Gasteiger partial charge in [0.05, 0.1) is 5.92 Å². The summed E-state index contributed by atoms with van der Waals surface area (Å²) in [6, 6.07) is 0. The molecule has 12 heavy (non-hydrogen) atoms. The van der Waals surface area contributed by atoms with Gasteiger partial charge in [-0.05, 0) is 31.8 Å². The first-order valence-corrected chi connectivity index (χ1v) is 4.37. The zero-order chi connectivity index (χ0) is 8.97. The molecule has 4 nitrogen and oxygen atoms in total. The topological polar surface area (TPSA) is 75.3 Å². The van der Waals surface area contributed by atoms with Crippen molar-refractivity contribution in [1.29, 1.82) is 0 Å². The highest BCUT2D eigenvalue weighted by Crippen LogP contribution is 2.17. The molecule has 0 radical (unpaired) electrons. The van der Waals surface area contributed by atoms with Crippen LogP contribution in [-0.2, 0) is 4.79 Å². The molecule has 1 rings (SSSR count). The molecule has 1 aliphatic rings. The third kappa shape index (κ3) is 2.46. The molecule has 0 saturated carbocycles. The monoisotopic (exact) mass is 172 g/mol. The summed E-state index contributed by atoms with van der Waals surface area (Å²) in [5, 5.41) is 11.9. The molecule has 4 N–H and O–H groups in total. The molecule has 2 unspecified atom stereocenters. The van der Waals surface area contributed by atoms with Gasteiger partial charge in [0.15, 0.2) is 0 Å². The van der Waals surface area contributed by atoms with Gasteiger partial charge in [0.1, 0.15) is 0 Å². The van der Waals surface area contributed by atoms with Crippen molar-refractivity contribution in [2.45, 2.75) is 12.8 Å². The average molecular weight is 172 g/mol. The second-order valence-corrected chi connectivity index (χ2v) is 3.37. The fourth-order valence-electron chi connectivity index (χ4n) is 1.62. The third-order valence-corrected chi connectivity index (χ3v) is 2.41. The lowest BCUT2D eigenvalue weighted by molar-refractivity contribution is -0.141. The predicted octanol–water partition coefficient (Wildman–Crippen LogP) is -0.354. The predicted molar refractivity (Wildman–Crippen MR) is 45.8 cm³/mol. The molecule has 1 aliphatic heterocycles. The van der Waals surface area contributed by atoms with Crippen molar-refractivity contribution < 1.29 is 9.90 Å². The Kier molecular flexibility index (Phi) is 3.49. The van der Waals surface area contributed by atoms with Crippen LogP contribution in [0.5, 0.6) is 0 Å². The first kappa shape index (κ1) is 9.48. The summed E-state index contributed by atoms with van der Waals surface area (Å²) >= 11 is 0. The number of rotatable bonds is 4. The van der Waals surface area contributed by atoms with Gasteiger partial charge in [-0.1, -0.05) is 0 Å². The quantitative estimate of drug-likeness (QED) is 0.541. The summed E-state index contributed by atoms with van der Waals surface area (Å²) in [6.07, 6.45) is 1.81. The number of carboxylic acids is 1. The highest BCUT2D eigenvalue weighted by Gasteiger charge is 2.23. The van der Waals surface area contributed by atoms with Gasteiger partial charge in [0.2, 0.25) is 0 Å². The molecule has 1 heterocycles. The zero-order valence-corrected chi connectivity index (χ0v) is 7.12. The maximum Gasteiger partial charge on any atom is 0.307 e. The Morgan fingerprint density at radius 2 is 2.50 bits per heavy atom. The molecule has 0 aromatic rings. The van der Waals surface area contributed by atoms with Crippen LogP contribution in [0.25, 0.3) is 0 Å². The normalized spacial score (nSPS) is 25.6. The van der Waals surface area contributed by atoms with E-state index in [1.54, 1.807) is 0 Å². The summed E-state index contributed by atoms with van der Waals surface area (Å²) in [7, 11) is 0. The zero-order valence-electron chi connectivity index (χ0n) is 7.12. The van der Waals surface area contributed by atoms with Crippen LogP contribution >= 0.6 is 0 Å². The number of hydrogen-bond donors (Lipinski definition) is 3. The van der Waals surface area contributed by atoms with Crippen molar-refractivity contribution >= 4 is 5.97 Å². The summed E-state index contributed by atoms with van der Waals surface area (Å²) in [4.78, 5) is 10.6. The molecule has 1 saturated heterocycles. The van der Waals surface area contributed by atoms with Crippen molar-refractivity contribution in [2.24, 2.45) is 17.6 Å². The van der Waals surface area contributed by atoms with Crippen molar-refractivity contribution in [3.8, 4) is 0 Å². The number of carbonyl (C=O) groups is 1. The molecule has 0 spiro atoms. The van der Waals surface area contributed by atoms with Crippen LogP contribution in [0, 0.1) is 11.8 Å². The second-order valence-electron chi connectivity index (χ2n) is 3.37. The lowest BCUT2D eigenvalue weighted by atomic mass is 9.94. The van der Waals surface area contributed by atoms with Crippen molar-refractivity contribution in [2.75, 3.05) is 19.6 Å². The van der Waals surface area contributed by atoms with Gasteiger partial charge in [-0.15, -0.1) is 0 Å². The van der Waals surface area contributed by atoms with Crippen molar-refractivity contribution in [1.82, 2.24) is 5.32 Å². The molecule has 0 aromatic carbocycles. The molecule has 0 amide bonds. The molecule has 70 valence electrons. The van der Waals surface area contributed by atoms with Gasteiger partial charge in [-0.3, -0.25) is 4.79 Å². The van der Waals surface area contributed by atoms with E-state index >= 15 is 0 Å². The maximum absolute atomic E-state index is 10.6. The van der Waals surface area contributed by atoms with E-state index in [-0.39, 0.29) is 12.5 Å². The van der Waals surface area contributed by atoms with Gasteiger partial charge in [0, 0.05) is 6.54 Å². The van der Waals surface area contributed by atoms with Crippen LogP contribution < -0.4 is 11.1 Å². The van der Waals surface area contributed by atoms with Crippen molar-refractivity contribution in [3.63, 3.8) is 0 Å². The summed E-state index contributed by atoms with van der Waals surface area (Å²) < 4.78 is 0. The first-order chi connectivity index (χ1) is 5.74. The second kappa shape index (κ2) is 4.42. The standard InChI is InChI=1S/C8H16N2O2/c9-4-7(8(11)12)3-6-1-2-10-5-6/h6-7,10H,1-5,9H2,(H,11,12). The Morgan fingerprint density at radius 1 is 1.75 bits per heavy atom. The van der Waals surface area contributed by atoms with Crippen molar-refractivity contribution in [3.05, 3.63) is 0 Å². The lowest BCUT2D eigenvalue weighted by Crippen LogP contribution is -2.26. The van der Waals surface area contributed by atoms with Gasteiger partial charge in [-0.2, -0.15) is 0 Å². The van der Waals surface area contributed by atoms with Crippen LogP contribution in [0.4, 0.5) is 0 Å².